The molecule has 0 aliphatic carbocycles. The minimum absolute atomic E-state index is 0.108. The van der Waals surface area contributed by atoms with Crippen LogP contribution >= 0.6 is 0 Å². The molecule has 0 saturated carbocycles. The van der Waals surface area contributed by atoms with Gasteiger partial charge in [-0.2, -0.15) is 0 Å². The molecule has 0 saturated heterocycles. The first-order valence-electron chi connectivity index (χ1n) is 10.2. The Balaban J connectivity index is 1.67. The number of ether oxygens (including phenoxy) is 1. The number of carbonyl (C=O) groups excluding carboxylic acids is 1. The third-order valence-corrected chi connectivity index (χ3v) is 6.10. The van der Waals surface area contributed by atoms with Crippen molar-refractivity contribution in [3.8, 4) is 5.75 Å². The standard InChI is InChI=1S/C24H27N3O4S/c1-4-31-22-11-13-23(14-12-22)32(29,30)26-20-9-6-8-19(16-20)24(28)25-17-18-7-5-10-21(15-18)27(2)3/h5-16,26H,4,17H2,1-3H3,(H,25,28). The number of anilines is 2. The highest BCUT2D eigenvalue weighted by Gasteiger charge is 2.15. The Kier molecular flexibility index (Phi) is 7.37. The van der Waals surface area contributed by atoms with Crippen molar-refractivity contribution in [1.29, 1.82) is 0 Å². The average molecular weight is 454 g/mol. The van der Waals surface area contributed by atoms with Crippen LogP contribution in [-0.4, -0.2) is 35.0 Å². The summed E-state index contributed by atoms with van der Waals surface area (Å²) in [7, 11) is 0.114. The van der Waals surface area contributed by atoms with E-state index in [2.05, 4.69) is 10.0 Å². The van der Waals surface area contributed by atoms with Crippen molar-refractivity contribution in [3.05, 3.63) is 83.9 Å². The summed E-state index contributed by atoms with van der Waals surface area (Å²) in [4.78, 5) is 14.7. The highest BCUT2D eigenvalue weighted by Crippen LogP contribution is 2.20. The summed E-state index contributed by atoms with van der Waals surface area (Å²) in [6.07, 6.45) is 0. The van der Waals surface area contributed by atoms with Gasteiger partial charge in [-0.15, -0.1) is 0 Å². The lowest BCUT2D eigenvalue weighted by atomic mass is 10.1. The van der Waals surface area contributed by atoms with E-state index in [-0.39, 0.29) is 10.8 Å². The smallest absolute Gasteiger partial charge is 0.261 e. The second-order valence-corrected chi connectivity index (χ2v) is 9.02. The van der Waals surface area contributed by atoms with E-state index in [4.69, 9.17) is 4.74 Å². The zero-order chi connectivity index (χ0) is 23.1. The van der Waals surface area contributed by atoms with Crippen LogP contribution in [0.1, 0.15) is 22.8 Å². The molecule has 3 aromatic carbocycles. The summed E-state index contributed by atoms with van der Waals surface area (Å²) < 4.78 is 33.3. The van der Waals surface area contributed by atoms with Crippen molar-refractivity contribution in [1.82, 2.24) is 5.32 Å². The van der Waals surface area contributed by atoms with Gasteiger partial charge in [-0.3, -0.25) is 9.52 Å². The first kappa shape index (κ1) is 23.1. The molecule has 0 radical (unpaired) electrons. The fourth-order valence-corrected chi connectivity index (χ4v) is 4.10. The highest BCUT2D eigenvalue weighted by atomic mass is 32.2. The van der Waals surface area contributed by atoms with Crippen molar-refractivity contribution in [2.75, 3.05) is 30.3 Å². The van der Waals surface area contributed by atoms with Crippen LogP contribution in [0, 0.1) is 0 Å². The lowest BCUT2D eigenvalue weighted by Crippen LogP contribution is -2.23. The third-order valence-electron chi connectivity index (χ3n) is 4.70. The van der Waals surface area contributed by atoms with Crippen LogP contribution in [0.3, 0.4) is 0 Å². The molecule has 0 fully saturated rings. The minimum atomic E-state index is -3.80. The van der Waals surface area contributed by atoms with Gasteiger partial charge in [0.2, 0.25) is 0 Å². The molecule has 32 heavy (non-hydrogen) atoms. The SMILES string of the molecule is CCOc1ccc(S(=O)(=O)Nc2cccc(C(=O)NCc3cccc(N(C)C)c3)c2)cc1. The van der Waals surface area contributed by atoms with Crippen LogP contribution in [0.5, 0.6) is 5.75 Å². The van der Waals surface area contributed by atoms with E-state index in [0.29, 0.717) is 30.2 Å². The first-order chi connectivity index (χ1) is 15.3. The van der Waals surface area contributed by atoms with Crippen LogP contribution in [0.2, 0.25) is 0 Å². The molecule has 2 N–H and O–H groups in total. The van der Waals surface area contributed by atoms with Gasteiger partial charge in [0.25, 0.3) is 15.9 Å². The van der Waals surface area contributed by atoms with Gasteiger partial charge in [0.15, 0.2) is 0 Å². The number of sulfonamides is 1. The van der Waals surface area contributed by atoms with Gasteiger partial charge >= 0.3 is 0 Å². The molecule has 1 amide bonds. The fourth-order valence-electron chi connectivity index (χ4n) is 3.05. The average Bonchev–Trinajstić information content (AvgIpc) is 2.78. The Bertz CT molecular complexity index is 1180. The van der Waals surface area contributed by atoms with Crippen LogP contribution in [0.25, 0.3) is 0 Å². The zero-order valence-corrected chi connectivity index (χ0v) is 19.1. The molecule has 0 aliphatic rings. The Hall–Kier alpha value is -3.52. The fraction of sp³-hybridized carbons (Fsp3) is 0.208. The van der Waals surface area contributed by atoms with Crippen LogP contribution in [-0.2, 0) is 16.6 Å². The van der Waals surface area contributed by atoms with Gasteiger partial charge in [0.1, 0.15) is 5.75 Å². The predicted octanol–water partition coefficient (Wildman–Crippen LogP) is 3.88. The lowest BCUT2D eigenvalue weighted by Gasteiger charge is -2.14. The van der Waals surface area contributed by atoms with E-state index < -0.39 is 10.0 Å². The number of rotatable bonds is 9. The molecule has 0 heterocycles. The molecule has 0 spiro atoms. The van der Waals surface area contributed by atoms with Crippen molar-refractivity contribution >= 4 is 27.3 Å². The third kappa shape index (κ3) is 6.01. The largest absolute Gasteiger partial charge is 0.494 e. The second kappa shape index (κ2) is 10.2. The number of nitrogens with one attached hydrogen (secondary N) is 2. The molecule has 0 unspecified atom stereocenters. The molecule has 0 atom stereocenters. The molecule has 0 bridgehead atoms. The molecule has 0 aromatic heterocycles. The summed E-state index contributed by atoms with van der Waals surface area (Å²) in [6, 6.07) is 20.4. The van der Waals surface area contributed by atoms with Crippen molar-refractivity contribution < 1.29 is 17.9 Å². The molecular weight excluding hydrogens is 426 g/mol. The number of amides is 1. The molecule has 3 aromatic rings. The summed E-state index contributed by atoms with van der Waals surface area (Å²) in [6.45, 7) is 2.72. The topological polar surface area (TPSA) is 87.7 Å². The monoisotopic (exact) mass is 453 g/mol. The van der Waals surface area contributed by atoms with E-state index in [9.17, 15) is 13.2 Å². The van der Waals surface area contributed by atoms with Crippen molar-refractivity contribution in [2.24, 2.45) is 0 Å². The molecule has 3 rings (SSSR count). The van der Waals surface area contributed by atoms with Crippen LogP contribution in [0.15, 0.2) is 77.7 Å². The maximum atomic E-state index is 12.7. The van der Waals surface area contributed by atoms with Gasteiger partial charge in [-0.25, -0.2) is 8.42 Å². The Morgan fingerprint density at radius 3 is 2.38 bits per heavy atom. The second-order valence-electron chi connectivity index (χ2n) is 7.34. The number of hydrogen-bond donors (Lipinski definition) is 2. The zero-order valence-electron chi connectivity index (χ0n) is 18.3. The number of nitrogens with zero attached hydrogens (tertiary/aromatic N) is 1. The number of carbonyl (C=O) groups is 1. The molecular formula is C24H27N3O4S. The van der Waals surface area contributed by atoms with E-state index in [0.717, 1.165) is 11.3 Å². The first-order valence-corrected chi connectivity index (χ1v) is 11.7. The number of hydrogen-bond acceptors (Lipinski definition) is 5. The van der Waals surface area contributed by atoms with Crippen LogP contribution < -0.4 is 19.7 Å². The van der Waals surface area contributed by atoms with Gasteiger partial charge in [0.05, 0.1) is 11.5 Å². The maximum Gasteiger partial charge on any atom is 0.261 e. The quantitative estimate of drug-likeness (QED) is 0.513. The van der Waals surface area contributed by atoms with Gasteiger partial charge in [-0.1, -0.05) is 18.2 Å². The van der Waals surface area contributed by atoms with Crippen LogP contribution in [0.4, 0.5) is 11.4 Å². The summed E-state index contributed by atoms with van der Waals surface area (Å²) in [5.74, 6) is 0.309. The predicted molar refractivity (Wildman–Crippen MR) is 127 cm³/mol. The Morgan fingerprint density at radius 1 is 0.969 bits per heavy atom. The highest BCUT2D eigenvalue weighted by molar-refractivity contribution is 7.92. The van der Waals surface area contributed by atoms with E-state index in [1.807, 2.05) is 50.2 Å². The molecule has 0 aliphatic heterocycles. The van der Waals surface area contributed by atoms with Crippen molar-refractivity contribution in [3.63, 3.8) is 0 Å². The normalized spacial score (nSPS) is 11.0. The van der Waals surface area contributed by atoms with Gasteiger partial charge in [-0.05, 0) is 67.1 Å². The summed E-state index contributed by atoms with van der Waals surface area (Å²) >= 11 is 0. The Labute approximate surface area is 189 Å². The Morgan fingerprint density at radius 2 is 1.69 bits per heavy atom. The molecule has 168 valence electrons. The molecule has 7 nitrogen and oxygen atoms in total. The number of benzene rings is 3. The summed E-state index contributed by atoms with van der Waals surface area (Å²) in [5, 5.41) is 2.87. The lowest BCUT2D eigenvalue weighted by molar-refractivity contribution is 0.0951. The van der Waals surface area contributed by atoms with E-state index in [1.54, 1.807) is 30.3 Å². The summed E-state index contributed by atoms with van der Waals surface area (Å²) in [5.41, 5.74) is 2.68. The van der Waals surface area contributed by atoms with Gasteiger partial charge < -0.3 is 15.0 Å². The van der Waals surface area contributed by atoms with E-state index >= 15 is 0 Å². The maximum absolute atomic E-state index is 12.7. The minimum Gasteiger partial charge on any atom is -0.494 e. The molecule has 8 heteroatoms. The van der Waals surface area contributed by atoms with Crippen molar-refractivity contribution in [2.45, 2.75) is 18.4 Å². The van der Waals surface area contributed by atoms with Gasteiger partial charge in [0, 0.05) is 37.6 Å². The van der Waals surface area contributed by atoms with E-state index in [1.165, 1.54) is 18.2 Å².